The molecule has 2 N–H and O–H groups in total. The summed E-state index contributed by atoms with van der Waals surface area (Å²) in [4.78, 5) is 24.4. The smallest absolute Gasteiger partial charge is 0.304 e. The number of nitrogens with one attached hydrogen (secondary N) is 2. The van der Waals surface area contributed by atoms with E-state index in [0.29, 0.717) is 18.8 Å². The van der Waals surface area contributed by atoms with E-state index in [4.69, 9.17) is 4.74 Å². The molecule has 5 nitrogen and oxygen atoms in total. The van der Waals surface area contributed by atoms with Crippen molar-refractivity contribution in [2.75, 3.05) is 13.2 Å². The Kier molecular flexibility index (Phi) is 5.06. The van der Waals surface area contributed by atoms with E-state index in [1.165, 1.54) is 0 Å². The van der Waals surface area contributed by atoms with Gasteiger partial charge in [-0.3, -0.25) is 9.59 Å². The molecule has 0 bridgehead atoms. The molecule has 1 aromatic rings. The van der Waals surface area contributed by atoms with E-state index in [9.17, 15) is 9.59 Å². The standard InChI is InChI=1S/C9H14N2O3S/c1-2-3-14-5-8(12)10-4-7-6-15-9(13)11-7/h6H,2-5H2,1H3,(H,10,12)(H,11,13). The highest BCUT2D eigenvalue weighted by atomic mass is 32.1. The maximum absolute atomic E-state index is 11.2. The number of carbonyl (C=O) groups excluding carboxylic acids is 1. The van der Waals surface area contributed by atoms with E-state index in [1.54, 1.807) is 5.38 Å². The second-order valence-corrected chi connectivity index (χ2v) is 3.84. The van der Waals surface area contributed by atoms with Gasteiger partial charge in [-0.05, 0) is 6.42 Å². The zero-order valence-electron chi connectivity index (χ0n) is 8.54. The Bertz CT molecular complexity index is 358. The van der Waals surface area contributed by atoms with Gasteiger partial charge in [0.05, 0.1) is 6.54 Å². The molecule has 0 saturated heterocycles. The van der Waals surface area contributed by atoms with E-state index < -0.39 is 0 Å². The van der Waals surface area contributed by atoms with Gasteiger partial charge < -0.3 is 15.0 Å². The van der Waals surface area contributed by atoms with E-state index >= 15 is 0 Å². The van der Waals surface area contributed by atoms with Crippen LogP contribution >= 0.6 is 11.3 Å². The molecule has 0 radical (unpaired) electrons. The lowest BCUT2D eigenvalue weighted by Crippen LogP contribution is -2.27. The van der Waals surface area contributed by atoms with Crippen LogP contribution in [0.2, 0.25) is 0 Å². The van der Waals surface area contributed by atoms with Gasteiger partial charge in [0.25, 0.3) is 0 Å². The molecule has 0 spiro atoms. The lowest BCUT2D eigenvalue weighted by molar-refractivity contribution is -0.125. The molecule has 0 atom stereocenters. The summed E-state index contributed by atoms with van der Waals surface area (Å²) in [5.41, 5.74) is 0.717. The average Bonchev–Trinajstić information content (AvgIpc) is 2.62. The lowest BCUT2D eigenvalue weighted by atomic mass is 10.4. The molecule has 0 aromatic carbocycles. The third kappa shape index (κ3) is 4.75. The molecule has 1 rings (SSSR count). The zero-order chi connectivity index (χ0) is 11.1. The molecule has 0 fully saturated rings. The van der Waals surface area contributed by atoms with Crippen molar-refractivity contribution < 1.29 is 9.53 Å². The first-order valence-corrected chi connectivity index (χ1v) is 5.61. The fraction of sp³-hybridized carbons (Fsp3) is 0.556. The molecule has 1 amide bonds. The van der Waals surface area contributed by atoms with Crippen molar-refractivity contribution in [3.63, 3.8) is 0 Å². The third-order valence-electron chi connectivity index (χ3n) is 1.63. The molecule has 0 aliphatic heterocycles. The molecular formula is C9H14N2O3S. The first-order valence-electron chi connectivity index (χ1n) is 4.73. The van der Waals surface area contributed by atoms with Crippen LogP contribution < -0.4 is 10.2 Å². The number of thiazole rings is 1. The highest BCUT2D eigenvalue weighted by Crippen LogP contribution is 1.94. The first kappa shape index (κ1) is 11.9. The van der Waals surface area contributed by atoms with Crippen LogP contribution in [0.5, 0.6) is 0 Å². The van der Waals surface area contributed by atoms with E-state index in [-0.39, 0.29) is 17.4 Å². The van der Waals surface area contributed by atoms with Crippen molar-refractivity contribution in [2.24, 2.45) is 0 Å². The van der Waals surface area contributed by atoms with Gasteiger partial charge in [0, 0.05) is 17.7 Å². The highest BCUT2D eigenvalue weighted by Gasteiger charge is 2.02. The normalized spacial score (nSPS) is 10.2. The monoisotopic (exact) mass is 230 g/mol. The van der Waals surface area contributed by atoms with Crippen molar-refractivity contribution in [2.45, 2.75) is 19.9 Å². The van der Waals surface area contributed by atoms with Gasteiger partial charge in [-0.15, -0.1) is 0 Å². The quantitative estimate of drug-likeness (QED) is 0.698. The van der Waals surface area contributed by atoms with Gasteiger partial charge in [-0.1, -0.05) is 18.3 Å². The minimum atomic E-state index is -0.171. The molecule has 1 aromatic heterocycles. The van der Waals surface area contributed by atoms with E-state index in [1.807, 2.05) is 6.92 Å². The highest BCUT2D eigenvalue weighted by molar-refractivity contribution is 7.07. The Labute approximate surface area is 91.5 Å². The van der Waals surface area contributed by atoms with Crippen LogP contribution in [0.4, 0.5) is 0 Å². The summed E-state index contributed by atoms with van der Waals surface area (Å²) in [7, 11) is 0. The molecule has 0 aliphatic carbocycles. The summed E-state index contributed by atoms with van der Waals surface area (Å²) in [5.74, 6) is -0.171. The molecular weight excluding hydrogens is 216 g/mol. The number of amides is 1. The number of ether oxygens (including phenoxy) is 1. The summed E-state index contributed by atoms with van der Waals surface area (Å²) in [6.45, 7) is 2.98. The Morgan fingerprint density at radius 3 is 3.07 bits per heavy atom. The summed E-state index contributed by atoms with van der Waals surface area (Å²) in [5, 5.41) is 4.33. The van der Waals surface area contributed by atoms with Crippen LogP contribution in [0.25, 0.3) is 0 Å². The summed E-state index contributed by atoms with van der Waals surface area (Å²) >= 11 is 1.08. The number of aromatic amines is 1. The summed E-state index contributed by atoms with van der Waals surface area (Å²) in [6, 6.07) is 0. The van der Waals surface area contributed by atoms with Crippen LogP contribution in [-0.4, -0.2) is 24.1 Å². The van der Waals surface area contributed by atoms with Crippen molar-refractivity contribution in [1.82, 2.24) is 10.3 Å². The number of carbonyl (C=O) groups is 1. The summed E-state index contributed by atoms with van der Waals surface area (Å²) in [6.07, 6.45) is 0.894. The van der Waals surface area contributed by atoms with E-state index in [2.05, 4.69) is 10.3 Å². The van der Waals surface area contributed by atoms with Crippen molar-refractivity contribution in [3.8, 4) is 0 Å². The van der Waals surface area contributed by atoms with Crippen molar-refractivity contribution in [3.05, 3.63) is 20.7 Å². The molecule has 6 heteroatoms. The molecule has 84 valence electrons. The van der Waals surface area contributed by atoms with Gasteiger partial charge in [-0.2, -0.15) is 0 Å². The minimum Gasteiger partial charge on any atom is -0.372 e. The number of H-pyrrole nitrogens is 1. The Hall–Kier alpha value is -1.14. The predicted octanol–water partition coefficient (Wildman–Crippen LogP) is 0.479. The maximum atomic E-state index is 11.2. The van der Waals surface area contributed by atoms with Crippen molar-refractivity contribution in [1.29, 1.82) is 0 Å². The minimum absolute atomic E-state index is 0.0716. The third-order valence-corrected chi connectivity index (χ3v) is 2.35. The number of hydrogen-bond acceptors (Lipinski definition) is 4. The Balaban J connectivity index is 2.19. The second-order valence-electron chi connectivity index (χ2n) is 3.00. The number of hydrogen-bond donors (Lipinski definition) is 2. The van der Waals surface area contributed by atoms with Crippen LogP contribution in [0.1, 0.15) is 19.0 Å². The van der Waals surface area contributed by atoms with Crippen LogP contribution in [0.3, 0.4) is 0 Å². The topological polar surface area (TPSA) is 71.2 Å². The SMILES string of the molecule is CCCOCC(=O)NCc1csc(=O)[nH]1. The van der Waals surface area contributed by atoms with Gasteiger partial charge in [-0.25, -0.2) is 0 Å². The van der Waals surface area contributed by atoms with E-state index in [0.717, 1.165) is 17.8 Å². The average molecular weight is 230 g/mol. The number of aromatic nitrogens is 1. The molecule has 15 heavy (non-hydrogen) atoms. The van der Waals surface area contributed by atoms with Gasteiger partial charge in [0.2, 0.25) is 5.91 Å². The largest absolute Gasteiger partial charge is 0.372 e. The summed E-state index contributed by atoms with van der Waals surface area (Å²) < 4.78 is 5.06. The molecule has 0 aliphatic rings. The van der Waals surface area contributed by atoms with Crippen LogP contribution in [0.15, 0.2) is 10.2 Å². The van der Waals surface area contributed by atoms with Crippen LogP contribution in [0, 0.1) is 0 Å². The van der Waals surface area contributed by atoms with Gasteiger partial charge >= 0.3 is 4.87 Å². The number of rotatable bonds is 6. The second kappa shape index (κ2) is 6.36. The molecule has 0 saturated carbocycles. The zero-order valence-corrected chi connectivity index (χ0v) is 9.36. The molecule has 1 heterocycles. The fourth-order valence-corrected chi connectivity index (χ4v) is 1.54. The first-order chi connectivity index (χ1) is 7.22. The Morgan fingerprint density at radius 2 is 2.47 bits per heavy atom. The van der Waals surface area contributed by atoms with Crippen LogP contribution in [-0.2, 0) is 16.1 Å². The van der Waals surface area contributed by atoms with Crippen molar-refractivity contribution >= 4 is 17.2 Å². The Morgan fingerprint density at radius 1 is 1.67 bits per heavy atom. The maximum Gasteiger partial charge on any atom is 0.304 e. The molecule has 0 unspecified atom stereocenters. The van der Waals surface area contributed by atoms with Gasteiger partial charge in [0.1, 0.15) is 6.61 Å². The lowest BCUT2D eigenvalue weighted by Gasteiger charge is -2.03. The van der Waals surface area contributed by atoms with Gasteiger partial charge in [0.15, 0.2) is 0 Å². The fourth-order valence-electron chi connectivity index (χ4n) is 0.955. The predicted molar refractivity (Wildman–Crippen MR) is 57.9 cm³/mol.